The maximum Gasteiger partial charge on any atom is 0.285 e. The van der Waals surface area contributed by atoms with Gasteiger partial charge in [-0.1, -0.05) is 67.1 Å². The molecule has 2 aromatic carbocycles. The van der Waals surface area contributed by atoms with Crippen molar-refractivity contribution in [3.05, 3.63) is 76.9 Å². The van der Waals surface area contributed by atoms with Crippen molar-refractivity contribution in [1.82, 2.24) is 10.2 Å². The van der Waals surface area contributed by atoms with Crippen LogP contribution in [0.15, 0.2) is 64.6 Å². The van der Waals surface area contributed by atoms with Crippen LogP contribution in [0, 0.1) is 12.8 Å². The molecular formula is C28H35N3O3S. The molecule has 2 aliphatic rings. The van der Waals surface area contributed by atoms with E-state index in [-0.39, 0.29) is 17.9 Å². The van der Waals surface area contributed by atoms with Crippen molar-refractivity contribution in [3.8, 4) is 0 Å². The molecular weight excluding hydrogens is 458 g/mol. The lowest BCUT2D eigenvalue weighted by molar-refractivity contribution is -0.126. The van der Waals surface area contributed by atoms with Gasteiger partial charge in [0.1, 0.15) is 10.7 Å². The molecule has 186 valence electrons. The van der Waals surface area contributed by atoms with Crippen LogP contribution in [0.4, 0.5) is 0 Å². The van der Waals surface area contributed by atoms with Gasteiger partial charge in [-0.3, -0.25) is 4.79 Å². The van der Waals surface area contributed by atoms with E-state index in [9.17, 15) is 13.2 Å². The van der Waals surface area contributed by atoms with E-state index in [1.165, 1.54) is 5.56 Å². The quantitative estimate of drug-likeness (QED) is 0.606. The molecule has 4 rings (SSSR count). The fourth-order valence-corrected chi connectivity index (χ4v) is 6.41. The van der Waals surface area contributed by atoms with Gasteiger partial charge >= 0.3 is 0 Å². The number of carbonyl (C=O) groups is 1. The molecule has 1 atom stereocenters. The Balaban J connectivity index is 1.37. The smallest absolute Gasteiger partial charge is 0.285 e. The number of nitrogens with zero attached hydrogens (tertiary/aromatic N) is 2. The van der Waals surface area contributed by atoms with E-state index in [4.69, 9.17) is 0 Å². The molecule has 1 N–H and O–H groups in total. The number of sulfonamides is 1. The predicted octanol–water partition coefficient (Wildman–Crippen LogP) is 4.71. The number of rotatable bonds is 7. The number of piperidine rings is 1. The summed E-state index contributed by atoms with van der Waals surface area (Å²) < 4.78 is 30.2. The molecule has 0 bridgehead atoms. The number of benzene rings is 2. The standard InChI is InChI=1S/C28H35N3O3S/c1-4-25-26(23-14-10-20(2)11-15-23)35(33,34)30-27(25)31-18-16-24(17-19-31)28(32)29-21(3)12-13-22-8-6-5-7-9-22/h5-11,14-15,21,24H,4,12-13,16-19H2,1-3H3,(H,29,32)/t21-/m1/s1. The van der Waals surface area contributed by atoms with Gasteiger partial charge in [0, 0.05) is 30.6 Å². The van der Waals surface area contributed by atoms with E-state index in [2.05, 4.69) is 28.8 Å². The molecule has 2 aromatic rings. The molecule has 35 heavy (non-hydrogen) atoms. The second kappa shape index (κ2) is 10.8. The third kappa shape index (κ3) is 5.84. The van der Waals surface area contributed by atoms with Gasteiger partial charge in [-0.15, -0.1) is 4.40 Å². The first kappa shape index (κ1) is 25.2. The van der Waals surface area contributed by atoms with Crippen LogP contribution in [0.2, 0.25) is 0 Å². The van der Waals surface area contributed by atoms with Crippen LogP contribution in [0.3, 0.4) is 0 Å². The zero-order chi connectivity index (χ0) is 25.0. The number of carbonyl (C=O) groups excluding carboxylic acids is 1. The number of hydrogen-bond donors (Lipinski definition) is 1. The molecule has 0 spiro atoms. The molecule has 2 aliphatic heterocycles. The number of nitrogens with one attached hydrogen (secondary N) is 1. The summed E-state index contributed by atoms with van der Waals surface area (Å²) in [5, 5.41) is 3.18. The Bertz CT molecular complexity index is 1210. The molecule has 0 radical (unpaired) electrons. The molecule has 0 unspecified atom stereocenters. The highest BCUT2D eigenvalue weighted by molar-refractivity contribution is 8.00. The number of amides is 1. The fourth-order valence-electron chi connectivity index (χ4n) is 4.88. The molecule has 0 aliphatic carbocycles. The minimum Gasteiger partial charge on any atom is -0.356 e. The molecule has 6 nitrogen and oxygen atoms in total. The van der Waals surface area contributed by atoms with E-state index < -0.39 is 10.0 Å². The molecule has 2 heterocycles. The molecule has 0 saturated carbocycles. The lowest BCUT2D eigenvalue weighted by Crippen LogP contribution is -2.45. The molecule has 1 saturated heterocycles. The van der Waals surface area contributed by atoms with Crippen molar-refractivity contribution in [1.29, 1.82) is 0 Å². The molecule has 1 fully saturated rings. The first-order valence-electron chi connectivity index (χ1n) is 12.5. The van der Waals surface area contributed by atoms with Gasteiger partial charge in [-0.2, -0.15) is 8.42 Å². The van der Waals surface area contributed by atoms with Crippen LogP contribution >= 0.6 is 0 Å². The monoisotopic (exact) mass is 493 g/mol. The summed E-state index contributed by atoms with van der Waals surface area (Å²) in [5.41, 5.74) is 3.81. The van der Waals surface area contributed by atoms with E-state index in [0.29, 0.717) is 48.7 Å². The Hall–Kier alpha value is -2.93. The molecule has 1 amide bonds. The van der Waals surface area contributed by atoms with Crippen LogP contribution in [0.25, 0.3) is 4.91 Å². The summed E-state index contributed by atoms with van der Waals surface area (Å²) in [6, 6.07) is 18.0. The zero-order valence-electron chi connectivity index (χ0n) is 20.8. The van der Waals surface area contributed by atoms with E-state index in [1.807, 2.05) is 61.2 Å². The summed E-state index contributed by atoms with van der Waals surface area (Å²) in [4.78, 5) is 15.2. The number of amidine groups is 1. The second-order valence-electron chi connectivity index (χ2n) is 9.61. The van der Waals surface area contributed by atoms with Crippen LogP contribution in [-0.4, -0.2) is 44.2 Å². The van der Waals surface area contributed by atoms with E-state index >= 15 is 0 Å². The van der Waals surface area contributed by atoms with Gasteiger partial charge < -0.3 is 10.2 Å². The summed E-state index contributed by atoms with van der Waals surface area (Å²) in [6.45, 7) is 7.25. The minimum absolute atomic E-state index is 0.0605. The first-order valence-corrected chi connectivity index (χ1v) is 14.0. The first-order chi connectivity index (χ1) is 16.8. The SMILES string of the molecule is CCC1=C(c2ccc(C)cc2)S(=O)(=O)N=C1N1CCC(C(=O)N[C@H](C)CCc2ccccc2)CC1. The van der Waals surface area contributed by atoms with Crippen LogP contribution < -0.4 is 5.32 Å². The maximum atomic E-state index is 13.0. The van der Waals surface area contributed by atoms with Crippen molar-refractivity contribution >= 4 is 26.7 Å². The highest BCUT2D eigenvalue weighted by atomic mass is 32.2. The van der Waals surface area contributed by atoms with Crippen molar-refractivity contribution < 1.29 is 13.2 Å². The summed E-state index contributed by atoms with van der Waals surface area (Å²) in [5.74, 6) is 0.589. The zero-order valence-corrected chi connectivity index (χ0v) is 21.6. The van der Waals surface area contributed by atoms with E-state index in [0.717, 1.165) is 24.0 Å². The van der Waals surface area contributed by atoms with Gasteiger partial charge in [0.15, 0.2) is 0 Å². The topological polar surface area (TPSA) is 78.8 Å². The number of likely N-dealkylation sites (tertiary alicyclic amines) is 1. The van der Waals surface area contributed by atoms with Crippen LogP contribution in [0.5, 0.6) is 0 Å². The molecule has 7 heteroatoms. The van der Waals surface area contributed by atoms with Gasteiger partial charge in [-0.25, -0.2) is 0 Å². The van der Waals surface area contributed by atoms with Gasteiger partial charge in [0.25, 0.3) is 10.0 Å². The van der Waals surface area contributed by atoms with Crippen LogP contribution in [-0.2, 0) is 21.2 Å². The summed E-state index contributed by atoms with van der Waals surface area (Å²) in [6.07, 6.45) is 3.79. The fraction of sp³-hybridized carbons (Fsp3) is 0.429. The Morgan fingerprint density at radius 3 is 2.37 bits per heavy atom. The van der Waals surface area contributed by atoms with E-state index in [1.54, 1.807) is 0 Å². The number of hydrogen-bond acceptors (Lipinski definition) is 4. The minimum atomic E-state index is -3.74. The van der Waals surface area contributed by atoms with Crippen molar-refractivity contribution in [2.75, 3.05) is 13.1 Å². The average molecular weight is 494 g/mol. The third-order valence-electron chi connectivity index (χ3n) is 6.94. The van der Waals surface area contributed by atoms with Crippen LogP contribution in [0.1, 0.15) is 56.2 Å². The van der Waals surface area contributed by atoms with Gasteiger partial charge in [0.2, 0.25) is 5.91 Å². The normalized spacial score (nSPS) is 18.9. The average Bonchev–Trinajstić information content (AvgIpc) is 3.14. The Morgan fingerprint density at radius 1 is 1.09 bits per heavy atom. The van der Waals surface area contributed by atoms with Crippen molar-refractivity contribution in [2.45, 2.75) is 58.9 Å². The highest BCUT2D eigenvalue weighted by Crippen LogP contribution is 2.36. The maximum absolute atomic E-state index is 13.0. The van der Waals surface area contributed by atoms with Crippen molar-refractivity contribution in [2.24, 2.45) is 10.3 Å². The third-order valence-corrected chi connectivity index (χ3v) is 8.35. The second-order valence-corrected chi connectivity index (χ2v) is 11.2. The summed E-state index contributed by atoms with van der Waals surface area (Å²) >= 11 is 0. The number of aryl methyl sites for hydroxylation is 2. The van der Waals surface area contributed by atoms with Gasteiger partial charge in [0.05, 0.1) is 0 Å². The van der Waals surface area contributed by atoms with Gasteiger partial charge in [-0.05, 0) is 57.1 Å². The Kier molecular flexibility index (Phi) is 7.75. The lowest BCUT2D eigenvalue weighted by Gasteiger charge is -2.33. The Morgan fingerprint density at radius 2 is 1.74 bits per heavy atom. The highest BCUT2D eigenvalue weighted by Gasteiger charge is 2.36. The summed E-state index contributed by atoms with van der Waals surface area (Å²) in [7, 11) is -3.74. The lowest BCUT2D eigenvalue weighted by atomic mass is 9.94. The predicted molar refractivity (Wildman–Crippen MR) is 141 cm³/mol. The Labute approximate surface area is 209 Å². The largest absolute Gasteiger partial charge is 0.356 e. The van der Waals surface area contributed by atoms with Crippen molar-refractivity contribution in [3.63, 3.8) is 0 Å². The molecule has 0 aromatic heterocycles.